The Bertz CT molecular complexity index is 2800. The minimum absolute atomic E-state index is 0.435. The summed E-state index contributed by atoms with van der Waals surface area (Å²) in [6.07, 6.45) is 2.32. The minimum atomic E-state index is -0.534. The van der Waals surface area contributed by atoms with E-state index in [0.29, 0.717) is 11.5 Å². The summed E-state index contributed by atoms with van der Waals surface area (Å²) in [5, 5.41) is 3.29. The van der Waals surface area contributed by atoms with Gasteiger partial charge in [-0.15, -0.1) is 0 Å². The van der Waals surface area contributed by atoms with Crippen molar-refractivity contribution in [1.29, 1.82) is 0 Å². The molecule has 0 aromatic heterocycles. The van der Waals surface area contributed by atoms with E-state index in [1.54, 1.807) is 12.1 Å². The number of hydrogen-bond acceptors (Lipinski definition) is 6. The summed E-state index contributed by atoms with van der Waals surface area (Å²) in [6, 6.07) is 53.8. The normalized spacial score (nSPS) is 10.9. The molecule has 8 aromatic rings. The van der Waals surface area contributed by atoms with E-state index in [-0.39, 0.29) is 0 Å². The Hall–Kier alpha value is -7.70. The highest BCUT2D eigenvalue weighted by Crippen LogP contribution is 2.46. The molecule has 0 aliphatic heterocycles. The van der Waals surface area contributed by atoms with Gasteiger partial charge in [-0.1, -0.05) is 109 Å². The first kappa shape index (κ1) is 39.1. The first-order valence-electron chi connectivity index (χ1n) is 19.8. The van der Waals surface area contributed by atoms with E-state index in [9.17, 15) is 9.59 Å². The monoisotopic (exact) mass is 784 g/mol. The molecule has 0 radical (unpaired) electrons. The number of carbonyl (C=O) groups is 2. The van der Waals surface area contributed by atoms with Crippen LogP contribution in [0.4, 0.5) is 34.1 Å². The molecule has 0 saturated carbocycles. The van der Waals surface area contributed by atoms with Gasteiger partial charge >= 0.3 is 11.9 Å². The molecule has 0 aliphatic rings. The number of rotatable bonds is 11. The van der Waals surface area contributed by atoms with Gasteiger partial charge in [0.2, 0.25) is 0 Å². The van der Waals surface area contributed by atoms with Crippen molar-refractivity contribution in [3.05, 3.63) is 205 Å². The Labute approximate surface area is 350 Å². The maximum atomic E-state index is 12.4. The fraction of sp³-hybridized carbons (Fsp3) is 0.0741. The minimum Gasteiger partial charge on any atom is -0.423 e. The molecular weight excluding hydrogens is 741 g/mol. The molecule has 294 valence electrons. The standard InChI is InChI=1S/C54H44N2O4/c1-7-53(57)59-51-19-11-13-43-45(51)15-9-17-49(43)56(50-18-10-16-46-44(50)14-12-20-52(46)60-54(58)8-2)48-32-26-40(34-38(48)6)39-25-31-47(37(5)33-39)55(41-27-21-35(3)22-28-41)42-29-23-36(4)24-30-42/h7-34H,1-2H2,3-6H3. The predicted octanol–water partition coefficient (Wildman–Crippen LogP) is 14.0. The number of nitrogens with zero attached hydrogens (tertiary/aromatic N) is 2. The lowest BCUT2D eigenvalue weighted by Gasteiger charge is -2.30. The number of benzene rings is 8. The van der Waals surface area contributed by atoms with Gasteiger partial charge in [-0.3, -0.25) is 0 Å². The molecule has 0 atom stereocenters. The number of hydrogen-bond donors (Lipinski definition) is 0. The molecule has 0 amide bonds. The Morgan fingerprint density at radius 3 is 1.22 bits per heavy atom. The highest BCUT2D eigenvalue weighted by atomic mass is 16.5. The van der Waals surface area contributed by atoms with Crippen LogP contribution < -0.4 is 19.3 Å². The highest BCUT2D eigenvalue weighted by Gasteiger charge is 2.22. The van der Waals surface area contributed by atoms with Crippen molar-refractivity contribution < 1.29 is 19.1 Å². The van der Waals surface area contributed by atoms with Gasteiger partial charge in [0.1, 0.15) is 11.5 Å². The van der Waals surface area contributed by atoms with Crippen molar-refractivity contribution in [3.63, 3.8) is 0 Å². The fourth-order valence-electron chi connectivity index (χ4n) is 7.77. The zero-order valence-electron chi connectivity index (χ0n) is 34.1. The molecule has 0 N–H and O–H groups in total. The summed E-state index contributed by atoms with van der Waals surface area (Å²) in [5.74, 6) is -0.198. The van der Waals surface area contributed by atoms with E-state index in [1.807, 2.05) is 48.5 Å². The van der Waals surface area contributed by atoms with Crippen molar-refractivity contribution in [2.75, 3.05) is 9.80 Å². The number of esters is 2. The molecule has 0 saturated heterocycles. The van der Waals surface area contributed by atoms with Crippen LogP contribution in [-0.2, 0) is 9.59 Å². The summed E-state index contributed by atoms with van der Waals surface area (Å²) in [5.41, 5.74) is 12.8. The van der Waals surface area contributed by atoms with Crippen LogP contribution in [-0.4, -0.2) is 11.9 Å². The molecule has 0 aliphatic carbocycles. The maximum Gasteiger partial charge on any atom is 0.335 e. The van der Waals surface area contributed by atoms with Crippen molar-refractivity contribution in [1.82, 2.24) is 0 Å². The number of carbonyl (C=O) groups excluding carboxylic acids is 2. The summed E-state index contributed by atoms with van der Waals surface area (Å²) in [6.45, 7) is 15.7. The van der Waals surface area contributed by atoms with Crippen LogP contribution in [0.5, 0.6) is 11.5 Å². The van der Waals surface area contributed by atoms with Gasteiger partial charge in [0.25, 0.3) is 0 Å². The maximum absolute atomic E-state index is 12.4. The van der Waals surface area contributed by atoms with E-state index in [4.69, 9.17) is 9.47 Å². The van der Waals surface area contributed by atoms with Gasteiger partial charge in [0.05, 0.1) is 11.4 Å². The van der Waals surface area contributed by atoms with Crippen molar-refractivity contribution in [2.45, 2.75) is 27.7 Å². The molecule has 0 fully saturated rings. The van der Waals surface area contributed by atoms with E-state index in [0.717, 1.165) is 90.1 Å². The van der Waals surface area contributed by atoms with E-state index in [2.05, 4.69) is 148 Å². The molecule has 8 rings (SSSR count). The van der Waals surface area contributed by atoms with Crippen LogP contribution in [0.3, 0.4) is 0 Å². The molecule has 6 heteroatoms. The largest absolute Gasteiger partial charge is 0.423 e. The second-order valence-electron chi connectivity index (χ2n) is 14.9. The third kappa shape index (κ3) is 7.66. The lowest BCUT2D eigenvalue weighted by atomic mass is 9.97. The summed E-state index contributed by atoms with van der Waals surface area (Å²) < 4.78 is 11.4. The zero-order chi connectivity index (χ0) is 41.9. The van der Waals surface area contributed by atoms with Gasteiger partial charge in [-0.2, -0.15) is 0 Å². The summed E-state index contributed by atoms with van der Waals surface area (Å²) >= 11 is 0. The predicted molar refractivity (Wildman–Crippen MR) is 247 cm³/mol. The van der Waals surface area contributed by atoms with Gasteiger partial charge < -0.3 is 19.3 Å². The Balaban J connectivity index is 1.26. The van der Waals surface area contributed by atoms with Gasteiger partial charge in [0, 0.05) is 56.4 Å². The van der Waals surface area contributed by atoms with Crippen LogP contribution >= 0.6 is 0 Å². The van der Waals surface area contributed by atoms with E-state index < -0.39 is 11.9 Å². The smallest absolute Gasteiger partial charge is 0.335 e. The van der Waals surface area contributed by atoms with Crippen molar-refractivity contribution in [3.8, 4) is 22.6 Å². The first-order valence-corrected chi connectivity index (χ1v) is 19.8. The lowest BCUT2D eigenvalue weighted by molar-refractivity contribution is -0.129. The fourth-order valence-corrected chi connectivity index (χ4v) is 7.77. The van der Waals surface area contributed by atoms with Crippen LogP contribution in [0.25, 0.3) is 32.7 Å². The van der Waals surface area contributed by atoms with Gasteiger partial charge in [-0.05, 0) is 123 Å². The Morgan fingerprint density at radius 1 is 0.433 bits per heavy atom. The van der Waals surface area contributed by atoms with Crippen LogP contribution in [0.1, 0.15) is 22.3 Å². The molecule has 0 spiro atoms. The van der Waals surface area contributed by atoms with Gasteiger partial charge in [0.15, 0.2) is 0 Å². The van der Waals surface area contributed by atoms with E-state index in [1.165, 1.54) is 11.1 Å². The highest BCUT2D eigenvalue weighted by molar-refractivity contribution is 6.08. The molecule has 8 aromatic carbocycles. The summed E-state index contributed by atoms with van der Waals surface area (Å²) in [4.78, 5) is 29.3. The topological polar surface area (TPSA) is 59.1 Å². The number of ether oxygens (including phenoxy) is 2. The average molecular weight is 785 g/mol. The third-order valence-electron chi connectivity index (χ3n) is 10.7. The van der Waals surface area contributed by atoms with Crippen LogP contribution in [0.2, 0.25) is 0 Å². The number of anilines is 6. The first-order chi connectivity index (χ1) is 29.1. The molecular formula is C54H44N2O4. The van der Waals surface area contributed by atoms with Gasteiger partial charge in [-0.25, -0.2) is 9.59 Å². The average Bonchev–Trinajstić information content (AvgIpc) is 3.26. The van der Waals surface area contributed by atoms with Crippen LogP contribution in [0, 0.1) is 27.7 Å². The van der Waals surface area contributed by atoms with Crippen molar-refractivity contribution in [2.24, 2.45) is 0 Å². The van der Waals surface area contributed by atoms with E-state index >= 15 is 0 Å². The van der Waals surface area contributed by atoms with Crippen LogP contribution in [0.15, 0.2) is 183 Å². The SMILES string of the molecule is C=CC(=O)Oc1cccc2c(N(c3ccc(-c4ccc(N(c5ccc(C)cc5)c5ccc(C)cc5)c(C)c4)cc3C)c3cccc4c(OC(=O)C=C)cccc34)cccc12. The Kier molecular flexibility index (Phi) is 10.9. The molecule has 6 nitrogen and oxygen atoms in total. The Morgan fingerprint density at radius 2 is 0.817 bits per heavy atom. The number of fused-ring (bicyclic) bond motifs is 2. The molecule has 0 unspecified atom stereocenters. The second-order valence-corrected chi connectivity index (χ2v) is 14.9. The molecule has 0 bridgehead atoms. The van der Waals surface area contributed by atoms with Crippen molar-refractivity contribution >= 4 is 67.6 Å². The zero-order valence-corrected chi connectivity index (χ0v) is 34.1. The quantitative estimate of drug-likeness (QED) is 0.0739. The molecule has 0 heterocycles. The summed E-state index contributed by atoms with van der Waals surface area (Å²) in [7, 11) is 0. The second kappa shape index (κ2) is 16.6. The lowest BCUT2D eigenvalue weighted by Crippen LogP contribution is -2.13. The molecule has 60 heavy (non-hydrogen) atoms. The third-order valence-corrected chi connectivity index (χ3v) is 10.7. The number of aryl methyl sites for hydroxylation is 4.